The van der Waals surface area contributed by atoms with Crippen molar-refractivity contribution in [2.75, 3.05) is 5.75 Å². The summed E-state index contributed by atoms with van der Waals surface area (Å²) in [5, 5.41) is 0. The molecule has 0 aromatic rings. The van der Waals surface area contributed by atoms with E-state index >= 15 is 0 Å². The Morgan fingerprint density at radius 2 is 1.38 bits per heavy atom. The second kappa shape index (κ2) is 5.36. The van der Waals surface area contributed by atoms with Crippen LogP contribution in [0.15, 0.2) is 0 Å². The molecule has 0 aliphatic heterocycles. The number of hydrogen-bond donors (Lipinski definition) is 1. The number of halogens is 7. The van der Waals surface area contributed by atoms with Gasteiger partial charge in [0.25, 0.3) is 9.84 Å². The standard InChI is InChI=1S/C3H4F3NO3S.BF4/c4-3(5,6)11(9,10)1-2(7)8;2-1(3,4)5/h1H2,(H2,7,8);/q;-1. The zero-order chi connectivity index (χ0) is 13.8. The first kappa shape index (κ1) is 17.4. The van der Waals surface area contributed by atoms with E-state index in [0.717, 1.165) is 0 Å². The van der Waals surface area contributed by atoms with Gasteiger partial charge in [0.2, 0.25) is 5.91 Å². The molecule has 98 valence electrons. The number of sulfone groups is 1. The van der Waals surface area contributed by atoms with Crippen molar-refractivity contribution < 1.29 is 43.6 Å². The fourth-order valence-corrected chi connectivity index (χ4v) is 0.807. The maximum atomic E-state index is 11.4. The lowest BCUT2D eigenvalue weighted by molar-refractivity contribution is -0.116. The molecule has 0 spiro atoms. The molecule has 0 radical (unpaired) electrons. The van der Waals surface area contributed by atoms with Crippen LogP contribution in [0.1, 0.15) is 0 Å². The molecule has 0 heterocycles. The van der Waals surface area contributed by atoms with Gasteiger partial charge in [-0.05, 0) is 0 Å². The molecule has 1 amide bonds. The second-order valence-corrected chi connectivity index (χ2v) is 4.15. The first-order valence-electron chi connectivity index (χ1n) is 3.11. The smallest absolute Gasteiger partial charge is 0.418 e. The van der Waals surface area contributed by atoms with Crippen LogP contribution >= 0.6 is 0 Å². The van der Waals surface area contributed by atoms with Crippen LogP contribution in [0, 0.1) is 0 Å². The average molecular weight is 278 g/mol. The molecule has 0 unspecified atom stereocenters. The van der Waals surface area contributed by atoms with Gasteiger partial charge in [-0.25, -0.2) is 8.42 Å². The largest absolute Gasteiger partial charge is 0.673 e. The van der Waals surface area contributed by atoms with Crippen molar-refractivity contribution in [3.8, 4) is 0 Å². The fraction of sp³-hybridized carbons (Fsp3) is 0.667. The predicted octanol–water partition coefficient (Wildman–Crippen LogP) is 0.706. The van der Waals surface area contributed by atoms with E-state index in [-0.39, 0.29) is 0 Å². The van der Waals surface area contributed by atoms with Gasteiger partial charge in [0.15, 0.2) is 0 Å². The highest BCUT2D eigenvalue weighted by atomic mass is 32.2. The summed E-state index contributed by atoms with van der Waals surface area (Å²) in [6, 6.07) is 0. The predicted molar refractivity (Wildman–Crippen MR) is 39.2 cm³/mol. The van der Waals surface area contributed by atoms with Crippen LogP contribution in [0.4, 0.5) is 30.4 Å². The van der Waals surface area contributed by atoms with Gasteiger partial charge in [-0.3, -0.25) is 4.79 Å². The summed E-state index contributed by atoms with van der Waals surface area (Å²) in [4.78, 5) is 9.80. The summed E-state index contributed by atoms with van der Waals surface area (Å²) in [5.74, 6) is -3.22. The summed E-state index contributed by atoms with van der Waals surface area (Å²) in [6.45, 7) is 0. The summed E-state index contributed by atoms with van der Waals surface area (Å²) in [6.07, 6.45) is 0. The third-order valence-corrected chi connectivity index (χ3v) is 2.05. The van der Waals surface area contributed by atoms with Crippen LogP contribution in [0.25, 0.3) is 0 Å². The van der Waals surface area contributed by atoms with E-state index in [2.05, 4.69) is 5.73 Å². The SMILES string of the molecule is F[B-](F)(F)F.NC(=O)CS(=O)(=O)C(F)(F)F. The van der Waals surface area contributed by atoms with Gasteiger partial charge in [-0.15, -0.1) is 0 Å². The van der Waals surface area contributed by atoms with E-state index in [1.165, 1.54) is 0 Å². The highest BCUT2D eigenvalue weighted by molar-refractivity contribution is 7.92. The molecule has 0 fully saturated rings. The van der Waals surface area contributed by atoms with Crippen LogP contribution in [-0.4, -0.2) is 32.8 Å². The number of amides is 1. The lowest BCUT2D eigenvalue weighted by Crippen LogP contribution is -2.33. The highest BCUT2D eigenvalue weighted by Crippen LogP contribution is 2.23. The molecule has 4 nitrogen and oxygen atoms in total. The molecule has 13 heteroatoms. The lowest BCUT2D eigenvalue weighted by Gasteiger charge is -2.04. The van der Waals surface area contributed by atoms with E-state index in [1.807, 2.05) is 0 Å². The van der Waals surface area contributed by atoms with Crippen LogP contribution in [0.2, 0.25) is 0 Å². The van der Waals surface area contributed by atoms with Crippen LogP contribution in [0.5, 0.6) is 0 Å². The van der Waals surface area contributed by atoms with Gasteiger partial charge >= 0.3 is 12.8 Å². The molecule has 0 rings (SSSR count). The molecular formula is C3H4BF7NO3S-. The molecule has 0 aromatic carbocycles. The molecular weight excluding hydrogens is 274 g/mol. The van der Waals surface area contributed by atoms with Crippen molar-refractivity contribution >= 4 is 23.0 Å². The van der Waals surface area contributed by atoms with Crippen molar-refractivity contribution in [2.45, 2.75) is 5.51 Å². The van der Waals surface area contributed by atoms with Crippen molar-refractivity contribution in [3.05, 3.63) is 0 Å². The van der Waals surface area contributed by atoms with Gasteiger partial charge in [0.05, 0.1) is 0 Å². The number of rotatable bonds is 2. The van der Waals surface area contributed by atoms with Crippen LogP contribution in [0.3, 0.4) is 0 Å². The Labute approximate surface area is 84.6 Å². The second-order valence-electron chi connectivity index (χ2n) is 2.17. The number of primary amides is 1. The normalized spacial score (nSPS) is 12.7. The Morgan fingerprint density at radius 3 is 1.44 bits per heavy atom. The summed E-state index contributed by atoms with van der Waals surface area (Å²) >= 11 is 0. The third kappa shape index (κ3) is 11.1. The van der Waals surface area contributed by atoms with E-state index < -0.39 is 34.3 Å². The van der Waals surface area contributed by atoms with Crippen molar-refractivity contribution in [1.82, 2.24) is 0 Å². The Hall–Kier alpha value is -1.01. The van der Waals surface area contributed by atoms with Crippen molar-refractivity contribution in [3.63, 3.8) is 0 Å². The molecule has 0 saturated heterocycles. The highest BCUT2D eigenvalue weighted by Gasteiger charge is 2.46. The minimum absolute atomic E-state index is 1.53. The Balaban J connectivity index is 0. The maximum Gasteiger partial charge on any atom is 0.673 e. The molecule has 0 aliphatic carbocycles. The average Bonchev–Trinajstić information content (AvgIpc) is 1.74. The van der Waals surface area contributed by atoms with Gasteiger partial charge in [-0.2, -0.15) is 13.2 Å². The zero-order valence-corrected chi connectivity index (χ0v) is 7.96. The van der Waals surface area contributed by atoms with Gasteiger partial charge < -0.3 is 23.0 Å². The number of hydrogen-bond acceptors (Lipinski definition) is 3. The summed E-state index contributed by atoms with van der Waals surface area (Å²) in [5.41, 5.74) is -1.14. The quantitative estimate of drug-likeness (QED) is 0.596. The minimum Gasteiger partial charge on any atom is -0.418 e. The van der Waals surface area contributed by atoms with Gasteiger partial charge in [0.1, 0.15) is 5.75 Å². The molecule has 2 N–H and O–H groups in total. The first-order valence-corrected chi connectivity index (χ1v) is 4.76. The number of carbonyl (C=O) groups is 1. The summed E-state index contributed by atoms with van der Waals surface area (Å²) < 4.78 is 93.3. The number of alkyl halides is 3. The van der Waals surface area contributed by atoms with E-state index in [1.54, 1.807) is 0 Å². The van der Waals surface area contributed by atoms with Crippen LogP contribution < -0.4 is 5.73 Å². The first-order chi connectivity index (χ1) is 6.67. The van der Waals surface area contributed by atoms with Crippen molar-refractivity contribution in [1.29, 1.82) is 0 Å². The molecule has 0 saturated carbocycles. The molecule has 0 aliphatic rings. The topological polar surface area (TPSA) is 77.2 Å². The lowest BCUT2D eigenvalue weighted by atomic mass is 10.3. The maximum absolute atomic E-state index is 11.4. The zero-order valence-electron chi connectivity index (χ0n) is 7.14. The van der Waals surface area contributed by atoms with E-state index in [4.69, 9.17) is 0 Å². The fourth-order valence-electron chi connectivity index (χ4n) is 0.269. The minimum atomic E-state index is -6.00. The molecule has 0 aromatic heterocycles. The monoisotopic (exact) mass is 278 g/mol. The number of nitrogens with two attached hydrogens (primary N) is 1. The molecule has 16 heavy (non-hydrogen) atoms. The summed E-state index contributed by atoms with van der Waals surface area (Å²) in [7, 11) is -11.4. The Bertz CT molecular complexity index is 326. The van der Waals surface area contributed by atoms with Crippen LogP contribution in [-0.2, 0) is 14.6 Å². The Kier molecular flexibility index (Phi) is 5.83. The third-order valence-electron chi connectivity index (χ3n) is 0.685. The Morgan fingerprint density at radius 1 is 1.12 bits per heavy atom. The molecule has 0 atom stereocenters. The molecule has 0 bridgehead atoms. The van der Waals surface area contributed by atoms with E-state index in [0.29, 0.717) is 0 Å². The van der Waals surface area contributed by atoms with E-state index in [9.17, 15) is 43.6 Å². The van der Waals surface area contributed by atoms with Crippen molar-refractivity contribution in [2.24, 2.45) is 5.73 Å². The van der Waals surface area contributed by atoms with Gasteiger partial charge in [0, 0.05) is 0 Å². The number of carbonyl (C=O) groups excluding carboxylic acids is 1. The van der Waals surface area contributed by atoms with Gasteiger partial charge in [-0.1, -0.05) is 0 Å².